The van der Waals surface area contributed by atoms with Gasteiger partial charge in [-0.15, -0.1) is 0 Å². The molecule has 2 aliphatic heterocycles. The van der Waals surface area contributed by atoms with Crippen LogP contribution < -0.4 is 5.32 Å². The number of nitrogens with one attached hydrogen (secondary N) is 1. The highest BCUT2D eigenvalue weighted by molar-refractivity contribution is 7.82. The van der Waals surface area contributed by atoms with Crippen molar-refractivity contribution in [2.24, 2.45) is 5.41 Å². The van der Waals surface area contributed by atoms with E-state index in [4.69, 9.17) is 29.3 Å². The van der Waals surface area contributed by atoms with Crippen LogP contribution in [0.25, 0.3) is 0 Å². The first kappa shape index (κ1) is 10.4. The fourth-order valence-corrected chi connectivity index (χ4v) is 3.21. The molecule has 0 saturated carbocycles. The summed E-state index contributed by atoms with van der Waals surface area (Å²) in [5.74, 6) is 0. The van der Waals surface area contributed by atoms with Crippen molar-refractivity contribution in [3.63, 3.8) is 0 Å². The number of piperidine rings is 1. The number of nitrogens with zero attached hydrogens (tertiary/aromatic N) is 1. The predicted molar refractivity (Wildman–Crippen MR) is 63.2 cm³/mol. The molecule has 5 heteroatoms. The van der Waals surface area contributed by atoms with E-state index in [1.807, 2.05) is 0 Å². The van der Waals surface area contributed by atoms with Gasteiger partial charge in [0.05, 0.1) is 7.11 Å². The summed E-state index contributed by atoms with van der Waals surface area (Å²) in [6.45, 7) is 2.06. The van der Waals surface area contributed by atoms with Crippen LogP contribution in [0.4, 0.5) is 0 Å². The molecule has 0 aromatic heterocycles. The Bertz CT molecular complexity index is 274. The first-order chi connectivity index (χ1) is 6.69. The SMILES string of the molecule is CON1C(=S)CC2(CCNCC2)C1=S. The minimum absolute atomic E-state index is 0.105. The Kier molecular flexibility index (Phi) is 2.83. The molecule has 3 nitrogen and oxygen atoms in total. The van der Waals surface area contributed by atoms with Crippen LogP contribution in [0.5, 0.6) is 0 Å². The molecular formula is C9H14N2OS2. The largest absolute Gasteiger partial charge is 0.317 e. The first-order valence-corrected chi connectivity index (χ1v) is 5.63. The molecule has 0 amide bonds. The van der Waals surface area contributed by atoms with E-state index in [-0.39, 0.29) is 5.41 Å². The van der Waals surface area contributed by atoms with Gasteiger partial charge in [-0.25, -0.2) is 5.06 Å². The molecule has 2 heterocycles. The van der Waals surface area contributed by atoms with E-state index in [1.165, 1.54) is 0 Å². The molecule has 0 atom stereocenters. The second-order valence-corrected chi connectivity index (χ2v) is 4.74. The van der Waals surface area contributed by atoms with Gasteiger partial charge >= 0.3 is 0 Å². The van der Waals surface area contributed by atoms with E-state index in [2.05, 4.69) is 5.32 Å². The van der Waals surface area contributed by atoms with Crippen LogP contribution in [0.3, 0.4) is 0 Å². The first-order valence-electron chi connectivity index (χ1n) is 4.82. The van der Waals surface area contributed by atoms with Gasteiger partial charge in [-0.2, -0.15) is 0 Å². The van der Waals surface area contributed by atoms with Crippen molar-refractivity contribution >= 4 is 34.4 Å². The van der Waals surface area contributed by atoms with Gasteiger partial charge in [0.25, 0.3) is 0 Å². The molecule has 0 bridgehead atoms. The molecule has 1 spiro atoms. The Morgan fingerprint density at radius 3 is 2.50 bits per heavy atom. The molecule has 78 valence electrons. The van der Waals surface area contributed by atoms with E-state index >= 15 is 0 Å². The van der Waals surface area contributed by atoms with Gasteiger partial charge in [-0.05, 0) is 25.9 Å². The third-order valence-electron chi connectivity index (χ3n) is 3.10. The van der Waals surface area contributed by atoms with Crippen LogP contribution in [0, 0.1) is 5.41 Å². The van der Waals surface area contributed by atoms with Gasteiger partial charge in [0.15, 0.2) is 0 Å². The van der Waals surface area contributed by atoms with E-state index in [0.29, 0.717) is 0 Å². The number of rotatable bonds is 1. The van der Waals surface area contributed by atoms with E-state index in [1.54, 1.807) is 12.2 Å². The summed E-state index contributed by atoms with van der Waals surface area (Å²) in [6.07, 6.45) is 3.04. The van der Waals surface area contributed by atoms with Crippen molar-refractivity contribution in [2.75, 3.05) is 20.2 Å². The van der Waals surface area contributed by atoms with E-state index < -0.39 is 0 Å². The van der Waals surface area contributed by atoms with Crippen LogP contribution >= 0.6 is 24.4 Å². The highest BCUT2D eigenvalue weighted by Crippen LogP contribution is 2.41. The van der Waals surface area contributed by atoms with Crippen molar-refractivity contribution in [3.8, 4) is 0 Å². The topological polar surface area (TPSA) is 24.5 Å². The van der Waals surface area contributed by atoms with Gasteiger partial charge in [0.2, 0.25) is 0 Å². The smallest absolute Gasteiger partial charge is 0.117 e. The molecule has 0 unspecified atom stereocenters. The molecule has 1 N–H and O–H groups in total. The highest BCUT2D eigenvalue weighted by atomic mass is 32.1. The summed E-state index contributed by atoms with van der Waals surface area (Å²) in [5, 5.41) is 4.99. The summed E-state index contributed by atoms with van der Waals surface area (Å²) in [6, 6.07) is 0. The predicted octanol–water partition coefficient (Wildman–Crippen LogP) is 1.28. The Morgan fingerprint density at radius 1 is 1.36 bits per heavy atom. The molecule has 0 radical (unpaired) electrons. The average Bonchev–Trinajstić information content (AvgIpc) is 2.40. The Balaban J connectivity index is 2.21. The normalized spacial score (nSPS) is 26.2. The maximum atomic E-state index is 5.43. The number of thiocarbonyl (C=S) groups is 2. The maximum Gasteiger partial charge on any atom is 0.117 e. The molecule has 2 aliphatic rings. The van der Waals surface area contributed by atoms with Gasteiger partial charge in [-0.1, -0.05) is 24.4 Å². The van der Waals surface area contributed by atoms with Gasteiger partial charge in [-0.3, -0.25) is 4.84 Å². The zero-order chi connectivity index (χ0) is 10.2. The van der Waals surface area contributed by atoms with Crippen LogP contribution in [-0.4, -0.2) is 35.2 Å². The van der Waals surface area contributed by atoms with Crippen molar-refractivity contribution in [2.45, 2.75) is 19.3 Å². The molecule has 2 rings (SSSR count). The lowest BCUT2D eigenvalue weighted by Crippen LogP contribution is -2.41. The molecule has 14 heavy (non-hydrogen) atoms. The van der Waals surface area contributed by atoms with E-state index in [9.17, 15) is 0 Å². The summed E-state index contributed by atoms with van der Waals surface area (Å²) < 4.78 is 0. The quantitative estimate of drug-likeness (QED) is 0.684. The lowest BCUT2D eigenvalue weighted by molar-refractivity contribution is 0.00480. The minimum Gasteiger partial charge on any atom is -0.317 e. The van der Waals surface area contributed by atoms with Crippen molar-refractivity contribution < 1.29 is 4.84 Å². The number of hydrogen-bond acceptors (Lipinski definition) is 4. The van der Waals surface area contributed by atoms with Crippen LogP contribution in [0.15, 0.2) is 0 Å². The number of hydrogen-bond donors (Lipinski definition) is 1. The third-order valence-corrected chi connectivity index (χ3v) is 4.01. The fraction of sp³-hybridized carbons (Fsp3) is 0.778. The molecule has 0 aliphatic carbocycles. The third kappa shape index (κ3) is 1.48. The lowest BCUT2D eigenvalue weighted by atomic mass is 9.78. The summed E-state index contributed by atoms with van der Waals surface area (Å²) in [7, 11) is 1.62. The molecule has 0 aromatic carbocycles. The average molecular weight is 230 g/mol. The standard InChI is InChI=1S/C9H14N2OS2/c1-12-11-7(13)6-9(8(11)14)2-4-10-5-3-9/h10H,2-6H2,1H3. The lowest BCUT2D eigenvalue weighted by Gasteiger charge is -2.33. The second kappa shape index (κ2) is 3.81. The molecule has 0 aromatic rings. The summed E-state index contributed by atoms with van der Waals surface area (Å²) in [5.41, 5.74) is 0.105. The van der Waals surface area contributed by atoms with Crippen LogP contribution in [0.2, 0.25) is 0 Å². The van der Waals surface area contributed by atoms with E-state index in [0.717, 1.165) is 42.3 Å². The van der Waals surface area contributed by atoms with Crippen LogP contribution in [-0.2, 0) is 4.84 Å². The van der Waals surface area contributed by atoms with Crippen LogP contribution in [0.1, 0.15) is 19.3 Å². The van der Waals surface area contributed by atoms with Gasteiger partial charge < -0.3 is 5.32 Å². The van der Waals surface area contributed by atoms with Gasteiger partial charge in [0, 0.05) is 11.8 Å². The number of hydroxylamine groups is 2. The molecular weight excluding hydrogens is 216 g/mol. The Morgan fingerprint density at radius 2 is 2.00 bits per heavy atom. The maximum absolute atomic E-state index is 5.43. The second-order valence-electron chi connectivity index (χ2n) is 3.88. The Hall–Kier alpha value is -0.100. The van der Waals surface area contributed by atoms with Crippen molar-refractivity contribution in [1.82, 2.24) is 10.4 Å². The molecule has 2 fully saturated rings. The minimum atomic E-state index is 0.105. The van der Waals surface area contributed by atoms with Gasteiger partial charge in [0.1, 0.15) is 9.98 Å². The monoisotopic (exact) mass is 230 g/mol. The van der Waals surface area contributed by atoms with Crippen molar-refractivity contribution in [3.05, 3.63) is 0 Å². The summed E-state index contributed by atoms with van der Waals surface area (Å²) >= 11 is 10.7. The fourth-order valence-electron chi connectivity index (χ4n) is 2.25. The zero-order valence-corrected chi connectivity index (χ0v) is 9.84. The molecule has 2 saturated heterocycles. The van der Waals surface area contributed by atoms with Crippen molar-refractivity contribution in [1.29, 1.82) is 0 Å². The highest BCUT2D eigenvalue weighted by Gasteiger charge is 2.47. The summed E-state index contributed by atoms with van der Waals surface area (Å²) in [4.78, 5) is 6.91. The Labute approximate surface area is 94.7 Å². The zero-order valence-electron chi connectivity index (χ0n) is 8.21.